The Hall–Kier alpha value is -1.84. The lowest BCUT2D eigenvalue weighted by Gasteiger charge is -2.32. The first-order chi connectivity index (χ1) is 9.34. The molecule has 6 heteroatoms. The van der Waals surface area contributed by atoms with Crippen LogP contribution in [0, 0.1) is 11.3 Å². The number of pyridine rings is 1. The molecule has 0 aliphatic carbocycles. The van der Waals surface area contributed by atoms with E-state index in [0.717, 1.165) is 11.0 Å². The number of fused-ring (bicyclic) bond motifs is 1. The van der Waals surface area contributed by atoms with Crippen LogP contribution in [0.15, 0.2) is 24.5 Å². The van der Waals surface area contributed by atoms with Gasteiger partial charge < -0.3 is 9.31 Å². The predicted molar refractivity (Wildman–Crippen MR) is 75.6 cm³/mol. The summed E-state index contributed by atoms with van der Waals surface area (Å²) in [6.07, 6.45) is 3.40. The highest BCUT2D eigenvalue weighted by Crippen LogP contribution is 2.36. The lowest BCUT2D eigenvalue weighted by molar-refractivity contribution is 0.00578. The summed E-state index contributed by atoms with van der Waals surface area (Å²) in [7, 11) is -0.417. The Morgan fingerprint density at radius 3 is 2.45 bits per heavy atom. The highest BCUT2D eigenvalue weighted by Gasteiger charge is 2.51. The fraction of sp³-hybridized carbons (Fsp3) is 0.429. The first kappa shape index (κ1) is 13.2. The molecule has 0 radical (unpaired) electrons. The Balaban J connectivity index is 1.99. The lowest BCUT2D eigenvalue weighted by atomic mass is 9.80. The van der Waals surface area contributed by atoms with Crippen molar-refractivity contribution in [1.29, 1.82) is 5.26 Å². The zero-order valence-electron chi connectivity index (χ0n) is 12.0. The molecule has 0 amide bonds. The normalized spacial score (nSPS) is 20.2. The second-order valence-electron chi connectivity index (χ2n) is 6.05. The van der Waals surface area contributed by atoms with Crippen LogP contribution in [0.25, 0.3) is 5.52 Å². The van der Waals surface area contributed by atoms with Gasteiger partial charge in [-0.1, -0.05) is 6.07 Å². The molecule has 1 fully saturated rings. The summed E-state index contributed by atoms with van der Waals surface area (Å²) in [6, 6.07) is 5.90. The van der Waals surface area contributed by atoms with Crippen molar-refractivity contribution in [2.75, 3.05) is 0 Å². The number of nitriles is 1. The third-order valence-electron chi connectivity index (χ3n) is 4.18. The minimum atomic E-state index is -0.417. The second kappa shape index (κ2) is 4.08. The maximum Gasteiger partial charge on any atom is 0.496 e. The first-order valence-corrected chi connectivity index (χ1v) is 6.57. The maximum absolute atomic E-state index is 8.99. The Labute approximate surface area is 118 Å². The number of aromatic nitrogens is 2. The fourth-order valence-corrected chi connectivity index (χ4v) is 2.20. The van der Waals surface area contributed by atoms with Crippen LogP contribution >= 0.6 is 0 Å². The van der Waals surface area contributed by atoms with E-state index in [-0.39, 0.29) is 11.2 Å². The van der Waals surface area contributed by atoms with Crippen LogP contribution in [0.3, 0.4) is 0 Å². The quantitative estimate of drug-likeness (QED) is 0.736. The van der Waals surface area contributed by atoms with Gasteiger partial charge in [-0.25, -0.2) is 4.52 Å². The monoisotopic (exact) mass is 269 g/mol. The molecule has 5 nitrogen and oxygen atoms in total. The predicted octanol–water partition coefficient (Wildman–Crippen LogP) is 1.51. The molecule has 1 aliphatic heterocycles. The van der Waals surface area contributed by atoms with Crippen molar-refractivity contribution in [2.24, 2.45) is 0 Å². The van der Waals surface area contributed by atoms with Crippen molar-refractivity contribution < 1.29 is 9.31 Å². The minimum absolute atomic E-state index is 0.367. The molecule has 2 aromatic heterocycles. The molecule has 3 heterocycles. The molecule has 102 valence electrons. The van der Waals surface area contributed by atoms with Crippen LogP contribution in [-0.4, -0.2) is 27.9 Å². The van der Waals surface area contributed by atoms with Crippen LogP contribution < -0.4 is 5.46 Å². The van der Waals surface area contributed by atoms with E-state index in [0.29, 0.717) is 5.56 Å². The summed E-state index contributed by atoms with van der Waals surface area (Å²) >= 11 is 0. The van der Waals surface area contributed by atoms with E-state index in [4.69, 9.17) is 14.6 Å². The minimum Gasteiger partial charge on any atom is -0.399 e. The molecule has 0 N–H and O–H groups in total. The zero-order valence-corrected chi connectivity index (χ0v) is 12.0. The van der Waals surface area contributed by atoms with E-state index in [1.807, 2.05) is 46.0 Å². The van der Waals surface area contributed by atoms with E-state index in [1.54, 1.807) is 10.7 Å². The molecule has 0 saturated carbocycles. The van der Waals surface area contributed by atoms with Gasteiger partial charge in [0, 0.05) is 11.7 Å². The van der Waals surface area contributed by atoms with Crippen molar-refractivity contribution in [2.45, 2.75) is 38.9 Å². The SMILES string of the molecule is CC1(C)OB(c2ccc3c(C#N)cnn3c2)OC1(C)C. The van der Waals surface area contributed by atoms with Crippen molar-refractivity contribution >= 4 is 18.1 Å². The van der Waals surface area contributed by atoms with Crippen molar-refractivity contribution in [3.05, 3.63) is 30.1 Å². The van der Waals surface area contributed by atoms with Crippen molar-refractivity contribution in [3.63, 3.8) is 0 Å². The number of nitrogens with zero attached hydrogens (tertiary/aromatic N) is 3. The summed E-state index contributed by atoms with van der Waals surface area (Å²) in [5.74, 6) is 0. The molecule has 1 aliphatic rings. The molecular weight excluding hydrogens is 253 g/mol. The molecule has 20 heavy (non-hydrogen) atoms. The smallest absolute Gasteiger partial charge is 0.399 e. The molecule has 0 unspecified atom stereocenters. The highest BCUT2D eigenvalue weighted by atomic mass is 16.7. The first-order valence-electron chi connectivity index (χ1n) is 6.57. The third-order valence-corrected chi connectivity index (χ3v) is 4.18. The number of hydrogen-bond acceptors (Lipinski definition) is 4. The van der Waals surface area contributed by atoms with E-state index >= 15 is 0 Å². The molecular formula is C14H16BN3O2. The van der Waals surface area contributed by atoms with Crippen LogP contribution in [0.4, 0.5) is 0 Å². The molecule has 0 spiro atoms. The summed E-state index contributed by atoms with van der Waals surface area (Å²) in [5.41, 5.74) is 1.50. The van der Waals surface area contributed by atoms with E-state index in [1.165, 1.54) is 0 Å². The summed E-state index contributed by atoms with van der Waals surface area (Å²) in [5, 5.41) is 13.2. The molecule has 0 bridgehead atoms. The average Bonchev–Trinajstić information content (AvgIpc) is 2.87. The summed E-state index contributed by atoms with van der Waals surface area (Å²) in [6.45, 7) is 8.08. The van der Waals surface area contributed by atoms with Gasteiger partial charge in [-0.05, 0) is 33.8 Å². The molecule has 3 rings (SSSR count). The Morgan fingerprint density at radius 2 is 1.85 bits per heavy atom. The Morgan fingerprint density at radius 1 is 1.20 bits per heavy atom. The van der Waals surface area contributed by atoms with Gasteiger partial charge in [-0.15, -0.1) is 0 Å². The van der Waals surface area contributed by atoms with Gasteiger partial charge in [-0.2, -0.15) is 10.4 Å². The molecule has 0 atom stereocenters. The Bertz CT molecular complexity index is 699. The van der Waals surface area contributed by atoms with Crippen LogP contribution in [0.2, 0.25) is 0 Å². The second-order valence-corrected chi connectivity index (χ2v) is 6.05. The lowest BCUT2D eigenvalue weighted by Crippen LogP contribution is -2.41. The van der Waals surface area contributed by atoms with E-state index in [2.05, 4.69) is 11.2 Å². The number of rotatable bonds is 1. The van der Waals surface area contributed by atoms with Crippen molar-refractivity contribution in [1.82, 2.24) is 9.61 Å². The standard InChI is InChI=1S/C14H16BN3O2/c1-13(2)14(3,4)20-15(19-13)11-5-6-12-10(7-16)8-17-18(12)9-11/h5-6,8-9H,1-4H3. The van der Waals surface area contributed by atoms with Gasteiger partial charge in [-0.3, -0.25) is 0 Å². The largest absolute Gasteiger partial charge is 0.496 e. The zero-order chi connectivity index (χ0) is 14.5. The van der Waals surface area contributed by atoms with Crippen LogP contribution in [-0.2, 0) is 9.31 Å². The number of hydrogen-bond donors (Lipinski definition) is 0. The van der Waals surface area contributed by atoms with Gasteiger partial charge in [0.05, 0.1) is 28.5 Å². The van der Waals surface area contributed by atoms with Crippen LogP contribution in [0.1, 0.15) is 33.3 Å². The van der Waals surface area contributed by atoms with E-state index in [9.17, 15) is 0 Å². The maximum atomic E-state index is 8.99. The fourth-order valence-electron chi connectivity index (χ4n) is 2.20. The Kier molecular flexibility index (Phi) is 2.68. The third kappa shape index (κ3) is 1.82. The van der Waals surface area contributed by atoms with Gasteiger partial charge in [0.2, 0.25) is 0 Å². The average molecular weight is 269 g/mol. The highest BCUT2D eigenvalue weighted by molar-refractivity contribution is 6.62. The van der Waals surface area contributed by atoms with Gasteiger partial charge >= 0.3 is 7.12 Å². The van der Waals surface area contributed by atoms with Gasteiger partial charge in [0.15, 0.2) is 0 Å². The summed E-state index contributed by atoms with van der Waals surface area (Å²) < 4.78 is 13.7. The van der Waals surface area contributed by atoms with Crippen molar-refractivity contribution in [3.8, 4) is 6.07 Å². The molecule has 0 aromatic carbocycles. The molecule has 1 saturated heterocycles. The van der Waals surface area contributed by atoms with Gasteiger partial charge in [0.1, 0.15) is 6.07 Å². The van der Waals surface area contributed by atoms with Crippen LogP contribution in [0.5, 0.6) is 0 Å². The van der Waals surface area contributed by atoms with Gasteiger partial charge in [0.25, 0.3) is 0 Å². The van der Waals surface area contributed by atoms with E-state index < -0.39 is 7.12 Å². The molecule has 2 aromatic rings. The summed E-state index contributed by atoms with van der Waals surface area (Å²) in [4.78, 5) is 0. The topological polar surface area (TPSA) is 59.5 Å².